The van der Waals surface area contributed by atoms with Gasteiger partial charge in [-0.1, -0.05) is 23.7 Å². The highest BCUT2D eigenvalue weighted by atomic mass is 35.5. The molecule has 154 valence electrons. The van der Waals surface area contributed by atoms with Crippen LogP contribution in [-0.2, 0) is 0 Å². The number of benzene rings is 3. The van der Waals surface area contributed by atoms with Crippen LogP contribution in [0.2, 0.25) is 5.02 Å². The van der Waals surface area contributed by atoms with Crippen molar-refractivity contribution in [2.75, 3.05) is 5.32 Å². The first kappa shape index (κ1) is 20.9. The van der Waals surface area contributed by atoms with Gasteiger partial charge in [0.2, 0.25) is 11.8 Å². The molecule has 32 heavy (non-hydrogen) atoms. The molecule has 0 aliphatic rings. The lowest BCUT2D eigenvalue weighted by Crippen LogP contribution is -1.99. The lowest BCUT2D eigenvalue weighted by molar-refractivity contribution is 0.459. The number of aromatic nitrogens is 2. The minimum absolute atomic E-state index is 0.340. The highest BCUT2D eigenvalue weighted by Crippen LogP contribution is 2.36. The second kappa shape index (κ2) is 9.18. The first-order chi connectivity index (χ1) is 15.6. The highest BCUT2D eigenvalue weighted by Gasteiger charge is 2.12. The molecule has 4 rings (SSSR count). The first-order valence-electron chi connectivity index (χ1n) is 9.64. The summed E-state index contributed by atoms with van der Waals surface area (Å²) in [5, 5.41) is 21.4. The number of rotatable bonds is 5. The van der Waals surface area contributed by atoms with Crippen LogP contribution in [0, 0.1) is 29.6 Å². The predicted octanol–water partition coefficient (Wildman–Crippen LogP) is 6.38. The van der Waals surface area contributed by atoms with Crippen LogP contribution in [0.3, 0.4) is 0 Å². The molecule has 0 aliphatic heterocycles. The molecule has 7 heteroatoms. The molecule has 4 aromatic rings. The molecule has 6 nitrogen and oxygen atoms in total. The smallest absolute Gasteiger partial charge is 0.230 e. The van der Waals surface area contributed by atoms with E-state index in [0.717, 1.165) is 22.4 Å². The number of aryl methyl sites for hydroxylation is 1. The van der Waals surface area contributed by atoms with Crippen molar-refractivity contribution in [3.63, 3.8) is 0 Å². The summed E-state index contributed by atoms with van der Waals surface area (Å²) < 4.78 is 5.97. The summed E-state index contributed by atoms with van der Waals surface area (Å²) in [6.45, 7) is 1.91. The number of ether oxygens (including phenoxy) is 1. The van der Waals surface area contributed by atoms with Crippen LogP contribution >= 0.6 is 11.6 Å². The largest absolute Gasteiger partial charge is 0.437 e. The van der Waals surface area contributed by atoms with Gasteiger partial charge in [0.25, 0.3) is 0 Å². The Hall–Kier alpha value is -4.39. The van der Waals surface area contributed by atoms with Crippen LogP contribution in [0.4, 0.5) is 11.6 Å². The van der Waals surface area contributed by atoms with Gasteiger partial charge in [-0.05, 0) is 72.1 Å². The van der Waals surface area contributed by atoms with E-state index in [1.54, 1.807) is 48.7 Å². The Bertz CT molecular complexity index is 1330. The van der Waals surface area contributed by atoms with Crippen LogP contribution in [0.15, 0.2) is 72.9 Å². The summed E-state index contributed by atoms with van der Waals surface area (Å²) in [5.41, 5.74) is 4.65. The van der Waals surface area contributed by atoms with E-state index in [4.69, 9.17) is 26.9 Å². The Kier molecular flexibility index (Phi) is 5.98. The Labute approximate surface area is 190 Å². The Morgan fingerprint density at radius 3 is 2.16 bits per heavy atom. The van der Waals surface area contributed by atoms with Gasteiger partial charge in [-0.3, -0.25) is 0 Å². The van der Waals surface area contributed by atoms with Gasteiger partial charge in [-0.15, -0.1) is 0 Å². The molecule has 0 spiro atoms. The summed E-state index contributed by atoms with van der Waals surface area (Å²) in [6, 6.07) is 23.9. The van der Waals surface area contributed by atoms with Crippen LogP contribution in [0.5, 0.6) is 11.6 Å². The second-order valence-corrected chi connectivity index (χ2v) is 7.34. The summed E-state index contributed by atoms with van der Waals surface area (Å²) in [6.07, 6.45) is 1.59. The zero-order valence-electron chi connectivity index (χ0n) is 17.0. The molecule has 3 aromatic carbocycles. The van der Waals surface area contributed by atoms with Crippen LogP contribution < -0.4 is 10.1 Å². The van der Waals surface area contributed by atoms with Gasteiger partial charge in [-0.25, -0.2) is 4.98 Å². The van der Waals surface area contributed by atoms with Gasteiger partial charge in [0.15, 0.2) is 5.75 Å². The average molecular weight is 438 g/mol. The molecule has 0 saturated carbocycles. The summed E-state index contributed by atoms with van der Waals surface area (Å²) in [5.74, 6) is 1.20. The quantitative estimate of drug-likeness (QED) is 0.389. The monoisotopic (exact) mass is 437 g/mol. The van der Waals surface area contributed by atoms with E-state index < -0.39 is 0 Å². The molecule has 1 N–H and O–H groups in total. The minimum atomic E-state index is 0.340. The molecule has 0 amide bonds. The zero-order valence-corrected chi connectivity index (χ0v) is 17.8. The standard InChI is InChI=1S/C25H16ClN5O/c1-16-12-20(19-6-2-17(14-27)3-7-19)13-22(26)24(16)32-23-10-11-29-25(31-23)30-21-8-4-18(15-28)5-9-21/h2-13H,1H3,(H,29,30,31). The SMILES string of the molecule is Cc1cc(-c2ccc(C#N)cc2)cc(Cl)c1Oc1ccnc(Nc2ccc(C#N)cc2)n1. The van der Waals surface area contributed by atoms with Crippen LogP contribution in [0.25, 0.3) is 11.1 Å². The van der Waals surface area contributed by atoms with E-state index >= 15 is 0 Å². The molecule has 0 fully saturated rings. The number of hydrogen-bond acceptors (Lipinski definition) is 6. The van der Waals surface area contributed by atoms with Gasteiger partial charge < -0.3 is 10.1 Å². The summed E-state index contributed by atoms with van der Waals surface area (Å²) in [4.78, 5) is 8.60. The normalized spacial score (nSPS) is 10.1. The minimum Gasteiger partial charge on any atom is -0.437 e. The van der Waals surface area contributed by atoms with Crippen molar-refractivity contribution in [2.45, 2.75) is 6.92 Å². The fourth-order valence-electron chi connectivity index (χ4n) is 3.08. The molecule has 0 radical (unpaired) electrons. The topological polar surface area (TPSA) is 94.6 Å². The third kappa shape index (κ3) is 4.67. The van der Waals surface area contributed by atoms with Crippen molar-refractivity contribution < 1.29 is 4.74 Å². The lowest BCUT2D eigenvalue weighted by atomic mass is 10.0. The van der Waals surface area contributed by atoms with Crippen molar-refractivity contribution in [1.29, 1.82) is 10.5 Å². The molecule has 0 atom stereocenters. The molecule has 0 bridgehead atoms. The summed E-state index contributed by atoms with van der Waals surface area (Å²) in [7, 11) is 0. The molecular formula is C25H16ClN5O. The second-order valence-electron chi connectivity index (χ2n) is 6.93. The van der Waals surface area contributed by atoms with Gasteiger partial charge >= 0.3 is 0 Å². The maximum atomic E-state index is 8.97. The van der Waals surface area contributed by atoms with Crippen LogP contribution in [0.1, 0.15) is 16.7 Å². The van der Waals surface area contributed by atoms with E-state index in [0.29, 0.717) is 33.7 Å². The number of anilines is 2. The number of nitrogens with zero attached hydrogens (tertiary/aromatic N) is 4. The van der Waals surface area contributed by atoms with Crippen molar-refractivity contribution in [3.05, 3.63) is 94.6 Å². The van der Waals surface area contributed by atoms with E-state index in [1.807, 2.05) is 31.2 Å². The number of nitriles is 2. The average Bonchev–Trinajstić information content (AvgIpc) is 2.82. The Morgan fingerprint density at radius 2 is 1.53 bits per heavy atom. The van der Waals surface area contributed by atoms with E-state index in [9.17, 15) is 0 Å². The fourth-order valence-corrected chi connectivity index (χ4v) is 3.39. The van der Waals surface area contributed by atoms with Crippen molar-refractivity contribution in [1.82, 2.24) is 9.97 Å². The van der Waals surface area contributed by atoms with Gasteiger partial charge in [0.05, 0.1) is 28.3 Å². The third-order valence-corrected chi connectivity index (χ3v) is 4.96. The number of halogens is 1. The predicted molar refractivity (Wildman–Crippen MR) is 123 cm³/mol. The third-order valence-electron chi connectivity index (χ3n) is 4.68. The van der Waals surface area contributed by atoms with E-state index in [-0.39, 0.29) is 0 Å². The Balaban J connectivity index is 1.55. The molecular weight excluding hydrogens is 422 g/mol. The van der Waals surface area contributed by atoms with Crippen molar-refractivity contribution >= 4 is 23.2 Å². The van der Waals surface area contributed by atoms with Crippen LogP contribution in [-0.4, -0.2) is 9.97 Å². The number of hydrogen-bond donors (Lipinski definition) is 1. The fraction of sp³-hybridized carbons (Fsp3) is 0.0400. The molecule has 1 aromatic heterocycles. The molecule has 0 unspecified atom stereocenters. The highest BCUT2D eigenvalue weighted by molar-refractivity contribution is 6.32. The molecule has 1 heterocycles. The number of nitrogens with one attached hydrogen (secondary N) is 1. The maximum Gasteiger partial charge on any atom is 0.230 e. The zero-order chi connectivity index (χ0) is 22.5. The molecule has 0 saturated heterocycles. The molecule has 0 aliphatic carbocycles. The summed E-state index contributed by atoms with van der Waals surface area (Å²) >= 11 is 6.53. The van der Waals surface area contributed by atoms with Gasteiger partial charge in [0, 0.05) is 18.0 Å². The van der Waals surface area contributed by atoms with Crippen molar-refractivity contribution in [2.24, 2.45) is 0 Å². The first-order valence-corrected chi connectivity index (χ1v) is 10.0. The lowest BCUT2D eigenvalue weighted by Gasteiger charge is -2.13. The van der Waals surface area contributed by atoms with Gasteiger partial charge in [-0.2, -0.15) is 15.5 Å². The Morgan fingerprint density at radius 1 is 0.875 bits per heavy atom. The van der Waals surface area contributed by atoms with Gasteiger partial charge in [0.1, 0.15) is 0 Å². The maximum absolute atomic E-state index is 8.97. The van der Waals surface area contributed by atoms with Crippen molar-refractivity contribution in [3.8, 4) is 34.9 Å². The van der Waals surface area contributed by atoms with E-state index in [2.05, 4.69) is 27.4 Å². The van der Waals surface area contributed by atoms with E-state index in [1.165, 1.54) is 0 Å².